The van der Waals surface area contributed by atoms with Crippen LogP contribution in [0, 0.1) is 6.92 Å². The van der Waals surface area contributed by atoms with E-state index in [4.69, 9.17) is 22.1 Å². The van der Waals surface area contributed by atoms with Gasteiger partial charge in [0.2, 0.25) is 5.91 Å². The Morgan fingerprint density at radius 1 is 1.21 bits per heavy atom. The summed E-state index contributed by atoms with van der Waals surface area (Å²) in [6.45, 7) is 5.97. The van der Waals surface area contributed by atoms with E-state index < -0.39 is 6.04 Å². The summed E-state index contributed by atoms with van der Waals surface area (Å²) >= 11 is 6.24. The number of rotatable bonds is 10. The van der Waals surface area contributed by atoms with E-state index >= 15 is 0 Å². The standard InChI is InChI=1S/C21H29ClN4O2/c1-4-10-24-18-7-6-16(12-14(18)2)26-21(27)20(25-11-9-23)15-5-8-19(28-3)17(22)13-15/h5-8,12-13,20,24-25H,4,9-11,23H2,1-3H3,(H,26,27). The Kier molecular flexibility index (Phi) is 8.57. The molecule has 1 amide bonds. The second-order valence-electron chi connectivity index (χ2n) is 6.52. The minimum absolute atomic E-state index is 0.177. The van der Waals surface area contributed by atoms with E-state index in [-0.39, 0.29) is 5.91 Å². The lowest BCUT2D eigenvalue weighted by atomic mass is 10.1. The Balaban J connectivity index is 2.19. The Hall–Kier alpha value is -2.28. The fraction of sp³-hybridized carbons (Fsp3) is 0.381. The number of carbonyl (C=O) groups is 1. The summed E-state index contributed by atoms with van der Waals surface area (Å²) in [5, 5.41) is 9.98. The number of ether oxygens (including phenoxy) is 1. The summed E-state index contributed by atoms with van der Waals surface area (Å²) in [5.41, 5.74) is 9.24. The topological polar surface area (TPSA) is 88.4 Å². The highest BCUT2D eigenvalue weighted by Crippen LogP contribution is 2.28. The van der Waals surface area contributed by atoms with Crippen LogP contribution in [0.4, 0.5) is 11.4 Å². The van der Waals surface area contributed by atoms with Crippen LogP contribution < -0.4 is 26.4 Å². The minimum Gasteiger partial charge on any atom is -0.495 e. The van der Waals surface area contributed by atoms with Gasteiger partial charge >= 0.3 is 0 Å². The molecule has 152 valence electrons. The van der Waals surface area contributed by atoms with E-state index in [2.05, 4.69) is 22.9 Å². The van der Waals surface area contributed by atoms with Gasteiger partial charge in [-0.2, -0.15) is 0 Å². The van der Waals surface area contributed by atoms with Gasteiger partial charge < -0.3 is 26.4 Å². The SMILES string of the molecule is CCCNc1ccc(NC(=O)C(NCCN)c2ccc(OC)c(Cl)c2)cc1C. The van der Waals surface area contributed by atoms with Crippen molar-refractivity contribution in [1.82, 2.24) is 5.32 Å². The van der Waals surface area contributed by atoms with E-state index in [1.54, 1.807) is 19.2 Å². The molecule has 1 atom stereocenters. The first-order valence-corrected chi connectivity index (χ1v) is 9.80. The van der Waals surface area contributed by atoms with E-state index in [0.29, 0.717) is 23.9 Å². The maximum absolute atomic E-state index is 12.9. The van der Waals surface area contributed by atoms with Crippen LogP contribution in [-0.4, -0.2) is 32.7 Å². The fourth-order valence-corrected chi connectivity index (χ4v) is 3.13. The summed E-state index contributed by atoms with van der Waals surface area (Å²) in [4.78, 5) is 12.9. The molecule has 0 aliphatic carbocycles. The largest absolute Gasteiger partial charge is 0.495 e. The van der Waals surface area contributed by atoms with Gasteiger partial charge in [-0.05, 0) is 54.8 Å². The van der Waals surface area contributed by atoms with Crippen molar-refractivity contribution in [3.63, 3.8) is 0 Å². The molecule has 6 nitrogen and oxygen atoms in total. The Labute approximate surface area is 171 Å². The maximum Gasteiger partial charge on any atom is 0.246 e. The third kappa shape index (κ3) is 5.86. The molecule has 0 aliphatic rings. The van der Waals surface area contributed by atoms with Crippen LogP contribution in [0.2, 0.25) is 5.02 Å². The van der Waals surface area contributed by atoms with Gasteiger partial charge in [-0.15, -0.1) is 0 Å². The molecule has 7 heteroatoms. The summed E-state index contributed by atoms with van der Waals surface area (Å²) in [5.74, 6) is 0.387. The van der Waals surface area contributed by atoms with Crippen LogP contribution in [0.3, 0.4) is 0 Å². The van der Waals surface area contributed by atoms with Crippen molar-refractivity contribution in [2.75, 3.05) is 37.4 Å². The molecule has 2 rings (SSSR count). The predicted octanol–water partition coefficient (Wildman–Crippen LogP) is 3.71. The molecule has 2 aromatic carbocycles. The van der Waals surface area contributed by atoms with E-state index in [0.717, 1.165) is 35.5 Å². The number of anilines is 2. The lowest BCUT2D eigenvalue weighted by Gasteiger charge is -2.20. The molecule has 0 fully saturated rings. The lowest BCUT2D eigenvalue weighted by Crippen LogP contribution is -2.35. The van der Waals surface area contributed by atoms with Gasteiger partial charge in [0.05, 0.1) is 12.1 Å². The van der Waals surface area contributed by atoms with Crippen molar-refractivity contribution >= 4 is 28.9 Å². The van der Waals surface area contributed by atoms with Crippen LogP contribution in [0.25, 0.3) is 0 Å². The molecule has 0 saturated heterocycles. The van der Waals surface area contributed by atoms with Gasteiger partial charge in [0.1, 0.15) is 11.8 Å². The number of nitrogens with one attached hydrogen (secondary N) is 3. The van der Waals surface area contributed by atoms with Crippen molar-refractivity contribution < 1.29 is 9.53 Å². The fourth-order valence-electron chi connectivity index (χ4n) is 2.87. The first-order valence-electron chi connectivity index (χ1n) is 9.42. The number of nitrogens with two attached hydrogens (primary N) is 1. The van der Waals surface area contributed by atoms with Crippen LogP contribution in [0.15, 0.2) is 36.4 Å². The molecule has 2 aromatic rings. The van der Waals surface area contributed by atoms with Gasteiger partial charge in [-0.3, -0.25) is 4.79 Å². The van der Waals surface area contributed by atoms with Gasteiger partial charge in [-0.25, -0.2) is 0 Å². The van der Waals surface area contributed by atoms with Crippen LogP contribution in [-0.2, 0) is 4.79 Å². The second-order valence-corrected chi connectivity index (χ2v) is 6.92. The average molecular weight is 405 g/mol. The third-order valence-corrected chi connectivity index (χ3v) is 4.62. The normalized spacial score (nSPS) is 11.8. The Morgan fingerprint density at radius 2 is 2.00 bits per heavy atom. The van der Waals surface area contributed by atoms with E-state index in [1.165, 1.54) is 0 Å². The first kappa shape index (κ1) is 22.0. The number of hydrogen-bond donors (Lipinski definition) is 4. The predicted molar refractivity (Wildman–Crippen MR) is 116 cm³/mol. The number of aryl methyl sites for hydroxylation is 1. The summed E-state index contributed by atoms with van der Waals surface area (Å²) < 4.78 is 5.19. The molecule has 1 unspecified atom stereocenters. The van der Waals surface area contributed by atoms with Crippen LogP contribution >= 0.6 is 11.6 Å². The molecule has 5 N–H and O–H groups in total. The molecule has 0 aliphatic heterocycles. The molecule has 0 bridgehead atoms. The second kappa shape index (κ2) is 10.9. The molecule has 0 heterocycles. The average Bonchev–Trinajstić information content (AvgIpc) is 2.68. The Morgan fingerprint density at radius 3 is 2.61 bits per heavy atom. The highest BCUT2D eigenvalue weighted by Gasteiger charge is 2.21. The summed E-state index contributed by atoms with van der Waals surface area (Å²) in [6.07, 6.45) is 1.05. The first-order chi connectivity index (χ1) is 13.5. The van der Waals surface area contributed by atoms with Gasteiger partial charge in [0.25, 0.3) is 0 Å². The van der Waals surface area contributed by atoms with Gasteiger partial charge in [-0.1, -0.05) is 24.6 Å². The zero-order valence-electron chi connectivity index (χ0n) is 16.6. The van der Waals surface area contributed by atoms with Crippen molar-refractivity contribution in [2.45, 2.75) is 26.3 Å². The zero-order chi connectivity index (χ0) is 20.5. The Bertz CT molecular complexity index is 798. The number of carbonyl (C=O) groups excluding carboxylic acids is 1. The minimum atomic E-state index is -0.579. The van der Waals surface area contributed by atoms with Crippen molar-refractivity contribution in [1.29, 1.82) is 0 Å². The smallest absolute Gasteiger partial charge is 0.246 e. The molecule has 0 spiro atoms. The number of amides is 1. The molecule has 0 radical (unpaired) electrons. The number of halogens is 1. The van der Waals surface area contributed by atoms with Crippen molar-refractivity contribution in [3.8, 4) is 5.75 Å². The number of benzene rings is 2. The highest BCUT2D eigenvalue weighted by molar-refractivity contribution is 6.32. The lowest BCUT2D eigenvalue weighted by molar-refractivity contribution is -0.118. The van der Waals surface area contributed by atoms with Gasteiger partial charge in [0, 0.05) is 31.0 Å². The van der Waals surface area contributed by atoms with E-state index in [1.807, 2.05) is 31.2 Å². The zero-order valence-corrected chi connectivity index (χ0v) is 17.4. The third-order valence-electron chi connectivity index (χ3n) is 4.32. The quantitative estimate of drug-likeness (QED) is 0.485. The molecular weight excluding hydrogens is 376 g/mol. The van der Waals surface area contributed by atoms with Crippen molar-refractivity contribution in [2.24, 2.45) is 5.73 Å². The van der Waals surface area contributed by atoms with Crippen LogP contribution in [0.5, 0.6) is 5.75 Å². The summed E-state index contributed by atoms with van der Waals surface area (Å²) in [7, 11) is 1.55. The molecule has 0 saturated carbocycles. The molecule has 28 heavy (non-hydrogen) atoms. The maximum atomic E-state index is 12.9. The number of hydrogen-bond acceptors (Lipinski definition) is 5. The summed E-state index contributed by atoms with van der Waals surface area (Å²) in [6, 6.07) is 10.6. The van der Waals surface area contributed by atoms with Gasteiger partial charge in [0.15, 0.2) is 0 Å². The monoisotopic (exact) mass is 404 g/mol. The van der Waals surface area contributed by atoms with Crippen molar-refractivity contribution in [3.05, 3.63) is 52.5 Å². The highest BCUT2D eigenvalue weighted by atomic mass is 35.5. The van der Waals surface area contributed by atoms with Crippen LogP contribution in [0.1, 0.15) is 30.5 Å². The molecular formula is C21H29ClN4O2. The number of methoxy groups -OCH3 is 1. The van der Waals surface area contributed by atoms with E-state index in [9.17, 15) is 4.79 Å². The molecule has 0 aromatic heterocycles.